The molecule has 23 heavy (non-hydrogen) atoms. The molecule has 1 aliphatic heterocycles. The van der Waals surface area contributed by atoms with Gasteiger partial charge in [0.25, 0.3) is 5.91 Å². The van der Waals surface area contributed by atoms with E-state index in [4.69, 9.17) is 9.47 Å². The van der Waals surface area contributed by atoms with Gasteiger partial charge in [0.1, 0.15) is 5.82 Å². The van der Waals surface area contributed by atoms with Crippen LogP contribution in [0.1, 0.15) is 18.5 Å². The highest BCUT2D eigenvalue weighted by Gasteiger charge is 2.43. The Labute approximate surface area is 133 Å². The minimum absolute atomic E-state index is 0.00865. The average Bonchev–Trinajstić information content (AvgIpc) is 2.77. The minimum Gasteiger partial charge on any atom is -0.503 e. The van der Waals surface area contributed by atoms with Crippen molar-refractivity contribution in [2.24, 2.45) is 0 Å². The quantitative estimate of drug-likeness (QED) is 0.807. The van der Waals surface area contributed by atoms with Crippen molar-refractivity contribution in [2.45, 2.75) is 19.3 Å². The lowest BCUT2D eigenvalue weighted by molar-refractivity contribution is -0.144. The fraction of sp³-hybridized carbons (Fsp3) is 0.375. The van der Waals surface area contributed by atoms with Crippen LogP contribution in [-0.4, -0.2) is 48.8 Å². The Balaban J connectivity index is 2.46. The van der Waals surface area contributed by atoms with Gasteiger partial charge >= 0.3 is 0 Å². The first-order valence-corrected chi connectivity index (χ1v) is 6.96. The summed E-state index contributed by atoms with van der Waals surface area (Å²) < 4.78 is 23.3. The number of halogens is 1. The van der Waals surface area contributed by atoms with Crippen LogP contribution in [0.2, 0.25) is 0 Å². The van der Waals surface area contributed by atoms with Gasteiger partial charge in [-0.25, -0.2) is 4.39 Å². The molecule has 0 radical (unpaired) electrons. The van der Waals surface area contributed by atoms with Crippen molar-refractivity contribution in [3.05, 3.63) is 47.0 Å². The molecule has 0 saturated carbocycles. The summed E-state index contributed by atoms with van der Waals surface area (Å²) in [6.07, 6.45) is -0.721. The van der Waals surface area contributed by atoms with Gasteiger partial charge < -0.3 is 19.5 Å². The van der Waals surface area contributed by atoms with Crippen molar-refractivity contribution in [1.29, 1.82) is 0 Å². The first-order chi connectivity index (χ1) is 10.9. The molecule has 0 fully saturated rings. The zero-order chi connectivity index (χ0) is 17.1. The van der Waals surface area contributed by atoms with E-state index < -0.39 is 35.6 Å². The number of hydrogen-bond acceptors (Lipinski definition) is 5. The second kappa shape index (κ2) is 6.89. The van der Waals surface area contributed by atoms with E-state index in [2.05, 4.69) is 0 Å². The van der Waals surface area contributed by atoms with Gasteiger partial charge in [0.05, 0.1) is 18.2 Å². The summed E-state index contributed by atoms with van der Waals surface area (Å²) in [5.41, 5.74) is 0.493. The predicted molar refractivity (Wildman–Crippen MR) is 79.0 cm³/mol. The van der Waals surface area contributed by atoms with Crippen LogP contribution in [0.4, 0.5) is 4.39 Å². The molecule has 1 heterocycles. The highest BCUT2D eigenvalue weighted by molar-refractivity contribution is 6.08. The highest BCUT2D eigenvalue weighted by atomic mass is 19.1. The lowest BCUT2D eigenvalue weighted by Crippen LogP contribution is -2.38. The van der Waals surface area contributed by atoms with Crippen molar-refractivity contribution < 1.29 is 28.6 Å². The van der Waals surface area contributed by atoms with Gasteiger partial charge in [-0.05, 0) is 24.6 Å². The first-order valence-electron chi connectivity index (χ1n) is 6.96. The zero-order valence-corrected chi connectivity index (χ0v) is 13.1. The molecule has 1 amide bonds. The third-order valence-corrected chi connectivity index (χ3v) is 3.74. The second-order valence-electron chi connectivity index (χ2n) is 5.13. The number of amides is 1. The molecule has 6 nitrogen and oxygen atoms in total. The number of methoxy groups -OCH3 is 2. The van der Waals surface area contributed by atoms with E-state index in [9.17, 15) is 19.1 Å². The third-order valence-electron chi connectivity index (χ3n) is 3.74. The van der Waals surface area contributed by atoms with Crippen LogP contribution >= 0.6 is 0 Å². The summed E-state index contributed by atoms with van der Waals surface area (Å²) in [5, 5.41) is 10.1. The molecule has 7 heteroatoms. The number of aliphatic hydroxyl groups is 1. The van der Waals surface area contributed by atoms with Crippen LogP contribution in [0.15, 0.2) is 35.6 Å². The number of ether oxygens (including phenoxy) is 2. The molecule has 0 aliphatic carbocycles. The van der Waals surface area contributed by atoms with Crippen LogP contribution < -0.4 is 0 Å². The Morgan fingerprint density at radius 2 is 1.87 bits per heavy atom. The van der Waals surface area contributed by atoms with Crippen LogP contribution in [0.25, 0.3) is 0 Å². The summed E-state index contributed by atoms with van der Waals surface area (Å²) in [7, 11) is 2.83. The maximum atomic E-state index is 13.2. The summed E-state index contributed by atoms with van der Waals surface area (Å²) >= 11 is 0. The number of rotatable bonds is 6. The number of aliphatic hydroxyl groups excluding tert-OH is 1. The van der Waals surface area contributed by atoms with Gasteiger partial charge in [-0.15, -0.1) is 0 Å². The molecule has 1 atom stereocenters. The molecule has 0 spiro atoms. The van der Waals surface area contributed by atoms with E-state index in [0.29, 0.717) is 5.56 Å². The standard InChI is InChI=1S/C16H18FNO5/c1-9(19)13-14(10-4-6-11(17)7-5-10)18(16(21)15(13)20)8-12(22-2)23-3/h4-7,12,14,20H,8H2,1-3H3/t14-/m1/s1. The molecule has 1 N–H and O–H groups in total. The first kappa shape index (κ1) is 17.1. The van der Waals surface area contributed by atoms with Gasteiger partial charge in [-0.1, -0.05) is 12.1 Å². The van der Waals surface area contributed by atoms with Crippen LogP contribution in [0, 0.1) is 5.82 Å². The molecule has 0 unspecified atom stereocenters. The number of carbonyl (C=O) groups is 2. The van der Waals surface area contributed by atoms with E-state index >= 15 is 0 Å². The van der Waals surface area contributed by atoms with Crippen molar-refractivity contribution >= 4 is 11.7 Å². The van der Waals surface area contributed by atoms with Crippen molar-refractivity contribution in [2.75, 3.05) is 20.8 Å². The van der Waals surface area contributed by atoms with E-state index in [-0.39, 0.29) is 12.1 Å². The molecule has 0 saturated heterocycles. The zero-order valence-electron chi connectivity index (χ0n) is 13.1. The molecule has 0 bridgehead atoms. The fourth-order valence-corrected chi connectivity index (χ4v) is 2.60. The van der Waals surface area contributed by atoms with Gasteiger partial charge in [0.2, 0.25) is 0 Å². The molecular weight excluding hydrogens is 305 g/mol. The molecule has 1 aromatic carbocycles. The SMILES string of the molecule is COC(CN1C(=O)C(O)=C(C(C)=O)[C@H]1c1ccc(F)cc1)OC. The summed E-state index contributed by atoms with van der Waals surface area (Å²) in [4.78, 5) is 25.5. The summed E-state index contributed by atoms with van der Waals surface area (Å²) in [5.74, 6) is -2.16. The molecule has 0 aromatic heterocycles. The van der Waals surface area contributed by atoms with Crippen LogP contribution in [0.5, 0.6) is 0 Å². The third kappa shape index (κ3) is 3.25. The molecular formula is C16H18FNO5. The number of Topliss-reactive ketones (excluding diaryl/α,β-unsaturated/α-hetero) is 1. The largest absolute Gasteiger partial charge is 0.503 e. The predicted octanol–water partition coefficient (Wildman–Crippen LogP) is 1.73. The lowest BCUT2D eigenvalue weighted by Gasteiger charge is -2.29. The fourth-order valence-electron chi connectivity index (χ4n) is 2.60. The Bertz CT molecular complexity index is 636. The van der Waals surface area contributed by atoms with Crippen molar-refractivity contribution in [1.82, 2.24) is 4.90 Å². The van der Waals surface area contributed by atoms with E-state index in [1.54, 1.807) is 0 Å². The topological polar surface area (TPSA) is 76.1 Å². The second-order valence-corrected chi connectivity index (χ2v) is 5.13. The lowest BCUT2D eigenvalue weighted by atomic mass is 9.97. The van der Waals surface area contributed by atoms with Crippen molar-refractivity contribution in [3.8, 4) is 0 Å². The van der Waals surface area contributed by atoms with Gasteiger partial charge in [0, 0.05) is 14.2 Å². The van der Waals surface area contributed by atoms with E-state index in [1.165, 1.54) is 50.3 Å². The Morgan fingerprint density at radius 3 is 2.35 bits per heavy atom. The Morgan fingerprint density at radius 1 is 1.30 bits per heavy atom. The molecule has 1 aliphatic rings. The number of hydrogen-bond donors (Lipinski definition) is 1. The molecule has 124 valence electrons. The van der Waals surface area contributed by atoms with Crippen LogP contribution in [0.3, 0.4) is 0 Å². The number of ketones is 1. The number of carbonyl (C=O) groups excluding carboxylic acids is 2. The monoisotopic (exact) mass is 323 g/mol. The van der Waals surface area contributed by atoms with Crippen LogP contribution in [-0.2, 0) is 19.1 Å². The highest BCUT2D eigenvalue weighted by Crippen LogP contribution is 2.37. The summed E-state index contributed by atoms with van der Waals surface area (Å²) in [6, 6.07) is 4.59. The van der Waals surface area contributed by atoms with Gasteiger partial charge in [-0.2, -0.15) is 0 Å². The number of benzene rings is 1. The Hall–Kier alpha value is -2.25. The van der Waals surface area contributed by atoms with E-state index in [1.807, 2.05) is 0 Å². The normalized spacial score (nSPS) is 18.2. The minimum atomic E-state index is -0.812. The van der Waals surface area contributed by atoms with Gasteiger partial charge in [-0.3, -0.25) is 9.59 Å². The van der Waals surface area contributed by atoms with Gasteiger partial charge in [0.15, 0.2) is 17.8 Å². The Kier molecular flexibility index (Phi) is 5.12. The average molecular weight is 323 g/mol. The summed E-state index contributed by atoms with van der Waals surface area (Å²) in [6.45, 7) is 1.28. The molecule has 2 rings (SSSR count). The maximum Gasteiger partial charge on any atom is 0.290 e. The van der Waals surface area contributed by atoms with Crippen molar-refractivity contribution in [3.63, 3.8) is 0 Å². The molecule has 1 aromatic rings. The van der Waals surface area contributed by atoms with E-state index in [0.717, 1.165) is 0 Å². The number of nitrogens with zero attached hydrogens (tertiary/aromatic N) is 1. The smallest absolute Gasteiger partial charge is 0.290 e. The maximum absolute atomic E-state index is 13.2.